The maximum atomic E-state index is 6.71. The molecule has 3 nitrogen and oxygen atoms in total. The Bertz CT molecular complexity index is 3890. The summed E-state index contributed by atoms with van der Waals surface area (Å²) in [6, 6.07) is 59.8. The molecule has 2 aliphatic heterocycles. The summed E-state index contributed by atoms with van der Waals surface area (Å²) in [4.78, 5) is 2.56. The van der Waals surface area contributed by atoms with Gasteiger partial charge in [0.15, 0.2) is 0 Å². The predicted molar refractivity (Wildman–Crippen MR) is 289 cm³/mol. The van der Waals surface area contributed by atoms with E-state index < -0.39 is 0 Å². The Morgan fingerprint density at radius 1 is 0.412 bits per heavy atom. The number of hydrogen-bond donors (Lipinski definition) is 0. The molecule has 0 radical (unpaired) electrons. The first-order valence-corrected chi connectivity index (χ1v) is 24.0. The molecule has 2 aromatic heterocycles. The number of hydrogen-bond acceptors (Lipinski definition) is 2. The van der Waals surface area contributed by atoms with Crippen LogP contribution in [0.5, 0.6) is 0 Å². The average molecular weight is 875 g/mol. The molecule has 0 saturated heterocycles. The van der Waals surface area contributed by atoms with Crippen LogP contribution in [0.1, 0.15) is 44.5 Å². The minimum Gasteiger partial charge on any atom is -0.464 e. The van der Waals surface area contributed by atoms with Crippen LogP contribution in [0, 0.1) is 55.4 Å². The van der Waals surface area contributed by atoms with Crippen LogP contribution < -0.4 is 15.8 Å². The fourth-order valence-corrected chi connectivity index (χ4v) is 12.6. The summed E-state index contributed by atoms with van der Waals surface area (Å²) in [5.41, 5.74) is 32.1. The molecule has 0 aliphatic carbocycles. The van der Waals surface area contributed by atoms with E-state index in [2.05, 4.69) is 222 Å². The SMILES string of the molecule is Cc1cccc(C)c1-c1cccc(N2c3cc(-c4c(C)cccc4C)ccc3B3c4c2cc2ccoc2c4-c2cc(-c4c(C)cccc4C)cc4c5cc(-c6c(C)cccc6C)ccc5n3c24)c1. The summed E-state index contributed by atoms with van der Waals surface area (Å²) in [6.45, 7) is 17.8. The van der Waals surface area contributed by atoms with Crippen molar-refractivity contribution >= 4 is 67.6 Å². The van der Waals surface area contributed by atoms with Crippen LogP contribution in [0.3, 0.4) is 0 Å². The highest BCUT2D eigenvalue weighted by Gasteiger charge is 2.44. The Morgan fingerprint density at radius 2 is 0.926 bits per heavy atom. The minimum atomic E-state index is -0.140. The smallest absolute Gasteiger partial charge is 0.333 e. The second-order valence-electron chi connectivity index (χ2n) is 19.7. The van der Waals surface area contributed by atoms with Crippen molar-refractivity contribution in [1.29, 1.82) is 0 Å². The number of fused-ring (bicyclic) bond motifs is 9. The predicted octanol–water partition coefficient (Wildman–Crippen LogP) is 16.1. The van der Waals surface area contributed by atoms with Gasteiger partial charge in [-0.1, -0.05) is 103 Å². The van der Waals surface area contributed by atoms with Gasteiger partial charge in [0.05, 0.1) is 6.26 Å². The molecule has 4 heterocycles. The lowest BCUT2D eigenvalue weighted by atomic mass is 9.45. The van der Waals surface area contributed by atoms with Gasteiger partial charge in [-0.25, -0.2) is 0 Å². The fourth-order valence-electron chi connectivity index (χ4n) is 12.6. The number of aromatic nitrogens is 1. The lowest BCUT2D eigenvalue weighted by molar-refractivity contribution is 0.617. The van der Waals surface area contributed by atoms with Crippen molar-refractivity contribution < 1.29 is 4.42 Å². The number of furan rings is 1. The third-order valence-corrected chi connectivity index (χ3v) is 15.4. The Morgan fingerprint density at radius 3 is 1.53 bits per heavy atom. The largest absolute Gasteiger partial charge is 0.464 e. The Hall–Kier alpha value is -7.82. The Kier molecular flexibility index (Phi) is 8.83. The van der Waals surface area contributed by atoms with Crippen molar-refractivity contribution in [2.45, 2.75) is 55.4 Å². The summed E-state index contributed by atoms with van der Waals surface area (Å²) < 4.78 is 9.40. The first-order valence-electron chi connectivity index (χ1n) is 24.0. The molecule has 11 aromatic rings. The minimum absolute atomic E-state index is 0.140. The highest BCUT2D eigenvalue weighted by molar-refractivity contribution is 6.90. The van der Waals surface area contributed by atoms with Gasteiger partial charge in [0.1, 0.15) is 5.58 Å². The van der Waals surface area contributed by atoms with Crippen molar-refractivity contribution in [2.75, 3.05) is 4.90 Å². The van der Waals surface area contributed by atoms with E-state index >= 15 is 0 Å². The summed E-state index contributed by atoms with van der Waals surface area (Å²) in [7, 11) is 0. The van der Waals surface area contributed by atoms with Gasteiger partial charge in [0, 0.05) is 55.4 Å². The maximum Gasteiger partial charge on any atom is 0.333 e. The Labute approximate surface area is 399 Å². The van der Waals surface area contributed by atoms with Gasteiger partial charge in [-0.05, 0) is 210 Å². The second-order valence-corrected chi connectivity index (χ2v) is 19.7. The van der Waals surface area contributed by atoms with Gasteiger partial charge in [-0.15, -0.1) is 0 Å². The zero-order chi connectivity index (χ0) is 46.3. The van der Waals surface area contributed by atoms with Gasteiger partial charge in [0.25, 0.3) is 0 Å². The van der Waals surface area contributed by atoms with Crippen molar-refractivity contribution in [1.82, 2.24) is 4.48 Å². The molecular formula is C64H51BN2O. The number of rotatable bonds is 5. The van der Waals surface area contributed by atoms with Crippen LogP contribution in [-0.2, 0) is 0 Å². The van der Waals surface area contributed by atoms with Crippen molar-refractivity contribution in [3.8, 4) is 55.6 Å². The molecule has 0 unspecified atom stereocenters. The van der Waals surface area contributed by atoms with Gasteiger partial charge in [-0.3, -0.25) is 0 Å². The highest BCUT2D eigenvalue weighted by Crippen LogP contribution is 2.51. The summed E-state index contributed by atoms with van der Waals surface area (Å²) in [5, 5.41) is 3.61. The van der Waals surface area contributed by atoms with E-state index in [0.717, 1.165) is 16.7 Å². The average Bonchev–Trinajstić information content (AvgIpc) is 3.92. The van der Waals surface area contributed by atoms with E-state index in [0.29, 0.717) is 0 Å². The molecule has 0 bridgehead atoms. The summed E-state index contributed by atoms with van der Waals surface area (Å²) in [5.74, 6) is 0. The van der Waals surface area contributed by atoms with E-state index in [-0.39, 0.29) is 6.85 Å². The highest BCUT2D eigenvalue weighted by atomic mass is 16.3. The van der Waals surface area contributed by atoms with Gasteiger partial charge < -0.3 is 13.8 Å². The number of benzene rings is 9. The first-order chi connectivity index (χ1) is 33.0. The number of nitrogens with zero attached hydrogens (tertiary/aromatic N) is 2. The van der Waals surface area contributed by atoms with E-state index in [9.17, 15) is 0 Å². The molecule has 13 rings (SSSR count). The van der Waals surface area contributed by atoms with Crippen LogP contribution in [-0.4, -0.2) is 11.3 Å². The summed E-state index contributed by atoms with van der Waals surface area (Å²) in [6.07, 6.45) is 1.88. The van der Waals surface area contributed by atoms with Crippen LogP contribution in [0.15, 0.2) is 168 Å². The van der Waals surface area contributed by atoms with Gasteiger partial charge in [0.2, 0.25) is 0 Å². The molecule has 2 aliphatic rings. The van der Waals surface area contributed by atoms with E-state index in [1.165, 1.54) is 144 Å². The topological polar surface area (TPSA) is 21.3 Å². The standard InChI is InChI=1S/C64H51BN2O/c1-36-14-9-15-37(2)57(36)44-22-13-23-49(30-44)66-55-34-46(59-40(5)18-11-19-41(59)6)24-26-53(55)65-62-56(66)35-47-28-29-68-64(47)61(62)52-33-48(60-42(7)20-12-21-43(60)8)32-51-50-31-45(25-27-54(50)67(65)63(51)52)58-38(3)16-10-17-39(58)4/h9-35H,1-8H3. The molecule has 0 amide bonds. The van der Waals surface area contributed by atoms with Crippen LogP contribution >= 0.6 is 0 Å². The lowest BCUT2D eigenvalue weighted by Crippen LogP contribution is -2.56. The van der Waals surface area contributed by atoms with E-state index in [1.54, 1.807) is 0 Å². The van der Waals surface area contributed by atoms with Crippen molar-refractivity contribution in [3.63, 3.8) is 0 Å². The second kappa shape index (κ2) is 14.8. The molecule has 68 heavy (non-hydrogen) atoms. The van der Waals surface area contributed by atoms with Crippen LogP contribution in [0.2, 0.25) is 0 Å². The third-order valence-electron chi connectivity index (χ3n) is 15.4. The quantitative estimate of drug-likeness (QED) is 0.161. The molecule has 0 atom stereocenters. The first kappa shape index (κ1) is 40.5. The van der Waals surface area contributed by atoms with Crippen LogP contribution in [0.4, 0.5) is 17.1 Å². The molecule has 0 spiro atoms. The van der Waals surface area contributed by atoms with Crippen molar-refractivity contribution in [2.24, 2.45) is 0 Å². The van der Waals surface area contributed by atoms with Crippen LogP contribution in [0.25, 0.3) is 88.4 Å². The van der Waals surface area contributed by atoms with Gasteiger partial charge >= 0.3 is 6.85 Å². The van der Waals surface area contributed by atoms with E-state index in [1.807, 2.05) is 6.26 Å². The zero-order valence-corrected chi connectivity index (χ0v) is 40.0. The zero-order valence-electron chi connectivity index (χ0n) is 40.0. The number of aryl methyl sites for hydroxylation is 8. The van der Waals surface area contributed by atoms with Crippen molar-refractivity contribution in [3.05, 3.63) is 208 Å². The fraction of sp³-hybridized carbons (Fsp3) is 0.125. The van der Waals surface area contributed by atoms with E-state index in [4.69, 9.17) is 4.42 Å². The molecule has 0 fully saturated rings. The van der Waals surface area contributed by atoms with Gasteiger partial charge in [-0.2, -0.15) is 0 Å². The molecule has 4 heteroatoms. The molecule has 326 valence electrons. The molecule has 9 aromatic carbocycles. The lowest BCUT2D eigenvalue weighted by Gasteiger charge is -2.41. The normalized spacial score (nSPS) is 12.6. The Balaban J connectivity index is 1.18. The molecular weight excluding hydrogens is 824 g/mol. The number of anilines is 3. The molecule has 0 N–H and O–H groups in total. The monoisotopic (exact) mass is 874 g/mol. The maximum absolute atomic E-state index is 6.71. The summed E-state index contributed by atoms with van der Waals surface area (Å²) >= 11 is 0. The third kappa shape index (κ3) is 5.73. The molecule has 0 saturated carbocycles.